The van der Waals surface area contributed by atoms with Crippen molar-refractivity contribution in [3.05, 3.63) is 10.6 Å². The lowest BCUT2D eigenvalue weighted by atomic mass is 10.2. The first-order valence-electron chi connectivity index (χ1n) is 6.69. The van der Waals surface area contributed by atoms with E-state index in [0.29, 0.717) is 6.42 Å². The molecule has 2 heterocycles. The standard InChI is InChI=1S/C13H22N4OS/c1-9(14)8-12(18)16-4-6-17(7-5-16)13-15-10(2)11(3)19-13/h9H,4-8,14H2,1-3H3. The summed E-state index contributed by atoms with van der Waals surface area (Å²) in [5.41, 5.74) is 6.78. The Kier molecular flexibility index (Phi) is 4.42. The summed E-state index contributed by atoms with van der Waals surface area (Å²) in [5.74, 6) is 0.168. The van der Waals surface area contributed by atoms with Crippen molar-refractivity contribution in [3.63, 3.8) is 0 Å². The van der Waals surface area contributed by atoms with Gasteiger partial charge in [-0.15, -0.1) is 11.3 Å². The predicted octanol–water partition coefficient (Wildman–Crippen LogP) is 1.15. The van der Waals surface area contributed by atoms with E-state index in [0.717, 1.165) is 37.0 Å². The lowest BCUT2D eigenvalue weighted by Gasteiger charge is -2.34. The third-order valence-corrected chi connectivity index (χ3v) is 4.55. The van der Waals surface area contributed by atoms with Crippen molar-refractivity contribution < 1.29 is 4.79 Å². The van der Waals surface area contributed by atoms with Crippen molar-refractivity contribution in [2.75, 3.05) is 31.1 Å². The van der Waals surface area contributed by atoms with Crippen molar-refractivity contribution >= 4 is 22.4 Å². The van der Waals surface area contributed by atoms with Crippen molar-refractivity contribution in [2.45, 2.75) is 33.2 Å². The number of amides is 1. The fourth-order valence-electron chi connectivity index (χ4n) is 2.14. The fourth-order valence-corrected chi connectivity index (χ4v) is 3.10. The smallest absolute Gasteiger partial charge is 0.224 e. The molecule has 1 saturated heterocycles. The van der Waals surface area contributed by atoms with Gasteiger partial charge in [-0.1, -0.05) is 0 Å². The number of piperazine rings is 1. The molecule has 0 aromatic carbocycles. The van der Waals surface area contributed by atoms with E-state index in [1.165, 1.54) is 4.88 Å². The number of hydrogen-bond donors (Lipinski definition) is 1. The van der Waals surface area contributed by atoms with Crippen LogP contribution in [0.1, 0.15) is 23.9 Å². The van der Waals surface area contributed by atoms with Gasteiger partial charge in [-0.3, -0.25) is 4.79 Å². The number of thiazole rings is 1. The minimum Gasteiger partial charge on any atom is -0.345 e. The molecule has 19 heavy (non-hydrogen) atoms. The lowest BCUT2D eigenvalue weighted by molar-refractivity contribution is -0.131. The van der Waals surface area contributed by atoms with Crippen LogP contribution in [0.2, 0.25) is 0 Å². The molecule has 6 heteroatoms. The average Bonchev–Trinajstić information content (AvgIpc) is 2.69. The number of aromatic nitrogens is 1. The summed E-state index contributed by atoms with van der Waals surface area (Å²) in [6, 6.07) is -0.0604. The molecular weight excluding hydrogens is 260 g/mol. The molecule has 0 radical (unpaired) electrons. The van der Waals surface area contributed by atoms with E-state index >= 15 is 0 Å². The Hall–Kier alpha value is -1.14. The molecule has 0 bridgehead atoms. The van der Waals surface area contributed by atoms with Crippen LogP contribution in [0.15, 0.2) is 0 Å². The van der Waals surface area contributed by atoms with Crippen LogP contribution >= 0.6 is 11.3 Å². The number of hydrogen-bond acceptors (Lipinski definition) is 5. The number of carbonyl (C=O) groups excluding carboxylic acids is 1. The topological polar surface area (TPSA) is 62.5 Å². The van der Waals surface area contributed by atoms with Gasteiger partial charge in [0.05, 0.1) is 5.69 Å². The van der Waals surface area contributed by atoms with E-state index in [4.69, 9.17) is 5.73 Å². The van der Waals surface area contributed by atoms with Crippen LogP contribution < -0.4 is 10.6 Å². The van der Waals surface area contributed by atoms with Gasteiger partial charge in [0.2, 0.25) is 5.91 Å². The SMILES string of the molecule is Cc1nc(N2CCN(C(=O)CC(C)N)CC2)sc1C. The molecule has 0 spiro atoms. The highest BCUT2D eigenvalue weighted by Gasteiger charge is 2.23. The molecule has 1 aromatic rings. The van der Waals surface area contributed by atoms with Crippen LogP contribution in [0, 0.1) is 13.8 Å². The summed E-state index contributed by atoms with van der Waals surface area (Å²) < 4.78 is 0. The van der Waals surface area contributed by atoms with Crippen molar-refractivity contribution in [1.29, 1.82) is 0 Å². The number of carbonyl (C=O) groups is 1. The number of anilines is 1. The summed E-state index contributed by atoms with van der Waals surface area (Å²) in [5, 5.41) is 1.08. The van der Waals surface area contributed by atoms with Crippen molar-refractivity contribution in [1.82, 2.24) is 9.88 Å². The zero-order chi connectivity index (χ0) is 14.0. The molecule has 1 aromatic heterocycles. The molecule has 1 fully saturated rings. The summed E-state index contributed by atoms with van der Waals surface area (Å²) in [6.07, 6.45) is 0.440. The minimum absolute atomic E-state index is 0.0604. The van der Waals surface area contributed by atoms with Crippen molar-refractivity contribution in [3.8, 4) is 0 Å². The second kappa shape index (κ2) is 5.88. The lowest BCUT2D eigenvalue weighted by Crippen LogP contribution is -2.49. The molecule has 0 saturated carbocycles. The number of rotatable bonds is 3. The first-order valence-corrected chi connectivity index (χ1v) is 7.51. The van der Waals surface area contributed by atoms with Gasteiger partial charge >= 0.3 is 0 Å². The summed E-state index contributed by atoms with van der Waals surface area (Å²) in [4.78, 5) is 21.9. The summed E-state index contributed by atoms with van der Waals surface area (Å²) in [6.45, 7) is 9.26. The van der Waals surface area contributed by atoms with Gasteiger partial charge in [0.15, 0.2) is 5.13 Å². The molecule has 106 valence electrons. The van der Waals surface area contributed by atoms with Gasteiger partial charge in [-0.05, 0) is 20.8 Å². The molecule has 1 aliphatic rings. The summed E-state index contributed by atoms with van der Waals surface area (Å²) >= 11 is 1.73. The Balaban J connectivity index is 1.90. The summed E-state index contributed by atoms with van der Waals surface area (Å²) in [7, 11) is 0. The minimum atomic E-state index is -0.0604. The molecule has 1 unspecified atom stereocenters. The molecule has 2 rings (SSSR count). The van der Waals surface area contributed by atoms with Crippen LogP contribution in [0.5, 0.6) is 0 Å². The third-order valence-electron chi connectivity index (χ3n) is 3.42. The zero-order valence-corrected chi connectivity index (χ0v) is 12.7. The van der Waals surface area contributed by atoms with Crippen LogP contribution in [0.25, 0.3) is 0 Å². The Bertz CT molecular complexity index is 430. The van der Waals surface area contributed by atoms with Crippen LogP contribution in [-0.4, -0.2) is 48.0 Å². The molecule has 1 aliphatic heterocycles. The normalized spacial score (nSPS) is 17.7. The van der Waals surface area contributed by atoms with Gasteiger partial charge in [0.1, 0.15) is 0 Å². The van der Waals surface area contributed by atoms with Crippen molar-refractivity contribution in [2.24, 2.45) is 5.73 Å². The Labute approximate surface area is 118 Å². The quantitative estimate of drug-likeness (QED) is 0.903. The van der Waals surface area contributed by atoms with E-state index in [1.54, 1.807) is 11.3 Å². The number of nitrogens with zero attached hydrogens (tertiary/aromatic N) is 3. The monoisotopic (exact) mass is 282 g/mol. The van der Waals surface area contributed by atoms with E-state index in [2.05, 4.69) is 16.8 Å². The average molecular weight is 282 g/mol. The Morgan fingerprint density at radius 2 is 2.00 bits per heavy atom. The first kappa shape index (κ1) is 14.3. The molecule has 5 nitrogen and oxygen atoms in total. The Morgan fingerprint density at radius 1 is 1.37 bits per heavy atom. The van der Waals surface area contributed by atoms with Gasteiger partial charge in [0.25, 0.3) is 0 Å². The molecular formula is C13H22N4OS. The molecule has 0 aliphatic carbocycles. The van der Waals surface area contributed by atoms with E-state index in [1.807, 2.05) is 18.7 Å². The highest BCUT2D eigenvalue weighted by atomic mass is 32.1. The number of aryl methyl sites for hydroxylation is 2. The fraction of sp³-hybridized carbons (Fsp3) is 0.692. The first-order chi connectivity index (χ1) is 8.97. The second-order valence-corrected chi connectivity index (χ2v) is 6.37. The van der Waals surface area contributed by atoms with Crippen LogP contribution in [0.3, 0.4) is 0 Å². The maximum absolute atomic E-state index is 11.9. The van der Waals surface area contributed by atoms with E-state index in [-0.39, 0.29) is 11.9 Å². The third kappa shape index (κ3) is 3.45. The van der Waals surface area contributed by atoms with Gasteiger partial charge < -0.3 is 15.5 Å². The van der Waals surface area contributed by atoms with E-state index < -0.39 is 0 Å². The number of nitrogens with two attached hydrogens (primary N) is 1. The molecule has 2 N–H and O–H groups in total. The van der Waals surface area contributed by atoms with E-state index in [9.17, 15) is 4.79 Å². The largest absolute Gasteiger partial charge is 0.345 e. The maximum Gasteiger partial charge on any atom is 0.224 e. The van der Waals surface area contributed by atoms with Crippen LogP contribution in [-0.2, 0) is 4.79 Å². The highest BCUT2D eigenvalue weighted by molar-refractivity contribution is 7.15. The zero-order valence-electron chi connectivity index (χ0n) is 11.8. The van der Waals surface area contributed by atoms with Gasteiger partial charge in [-0.25, -0.2) is 4.98 Å². The molecule has 1 amide bonds. The maximum atomic E-state index is 11.9. The second-order valence-electron chi connectivity index (χ2n) is 5.19. The molecule has 1 atom stereocenters. The van der Waals surface area contributed by atoms with Gasteiger partial charge in [0, 0.05) is 43.5 Å². The highest BCUT2D eigenvalue weighted by Crippen LogP contribution is 2.25. The van der Waals surface area contributed by atoms with Gasteiger partial charge in [-0.2, -0.15) is 0 Å². The van der Waals surface area contributed by atoms with Crippen LogP contribution in [0.4, 0.5) is 5.13 Å². The predicted molar refractivity (Wildman–Crippen MR) is 78.6 cm³/mol. The Morgan fingerprint density at radius 3 is 2.47 bits per heavy atom.